The third-order valence-corrected chi connectivity index (χ3v) is 4.05. The lowest BCUT2D eigenvalue weighted by Gasteiger charge is -2.23. The summed E-state index contributed by atoms with van der Waals surface area (Å²) in [6, 6.07) is 0.548. The van der Waals surface area contributed by atoms with E-state index in [1.165, 1.54) is 5.69 Å². The van der Waals surface area contributed by atoms with Gasteiger partial charge in [-0.2, -0.15) is 5.10 Å². The van der Waals surface area contributed by atoms with Crippen molar-refractivity contribution < 1.29 is 0 Å². The summed E-state index contributed by atoms with van der Waals surface area (Å²) in [7, 11) is 0. The van der Waals surface area contributed by atoms with Crippen molar-refractivity contribution in [3.63, 3.8) is 0 Å². The van der Waals surface area contributed by atoms with Crippen LogP contribution in [0.15, 0.2) is 0 Å². The number of halogens is 1. The van der Waals surface area contributed by atoms with E-state index >= 15 is 0 Å². The monoisotopic (exact) mass is 271 g/mol. The molecule has 0 aliphatic rings. The Balaban J connectivity index is 2.83. The van der Waals surface area contributed by atoms with E-state index in [0.717, 1.165) is 36.6 Å². The third-order valence-electron chi connectivity index (χ3n) is 3.56. The average molecular weight is 272 g/mol. The molecule has 0 saturated carbocycles. The van der Waals surface area contributed by atoms with Gasteiger partial charge in [0.05, 0.1) is 16.4 Å². The summed E-state index contributed by atoms with van der Waals surface area (Å²) in [5.41, 5.74) is 2.12. The van der Waals surface area contributed by atoms with Crippen LogP contribution in [0, 0.1) is 12.8 Å². The van der Waals surface area contributed by atoms with Crippen LogP contribution in [-0.2, 0) is 13.0 Å². The predicted octanol–water partition coefficient (Wildman–Crippen LogP) is 3.43. The second-order valence-electron chi connectivity index (χ2n) is 4.92. The van der Waals surface area contributed by atoms with Crippen LogP contribution in [0.4, 0.5) is 0 Å². The fourth-order valence-electron chi connectivity index (χ4n) is 2.52. The van der Waals surface area contributed by atoms with E-state index in [2.05, 4.69) is 38.1 Å². The molecule has 0 aliphatic carbocycles. The summed E-state index contributed by atoms with van der Waals surface area (Å²) in [5, 5.41) is 8.86. The molecule has 0 fully saturated rings. The van der Waals surface area contributed by atoms with Crippen molar-refractivity contribution in [2.75, 3.05) is 6.54 Å². The van der Waals surface area contributed by atoms with Gasteiger partial charge >= 0.3 is 0 Å². The normalized spacial score (nSPS) is 14.8. The van der Waals surface area contributed by atoms with Gasteiger partial charge in [-0.15, -0.1) is 0 Å². The molecule has 2 atom stereocenters. The first-order chi connectivity index (χ1) is 8.54. The van der Waals surface area contributed by atoms with Crippen molar-refractivity contribution in [2.24, 2.45) is 5.92 Å². The van der Waals surface area contributed by atoms with Gasteiger partial charge in [-0.1, -0.05) is 32.4 Å². The lowest BCUT2D eigenvalue weighted by atomic mass is 9.94. The van der Waals surface area contributed by atoms with E-state index in [4.69, 9.17) is 11.6 Å². The maximum atomic E-state index is 6.36. The fraction of sp³-hybridized carbons (Fsp3) is 0.786. The van der Waals surface area contributed by atoms with Crippen LogP contribution in [0.5, 0.6) is 0 Å². The Morgan fingerprint density at radius 1 is 1.33 bits per heavy atom. The van der Waals surface area contributed by atoms with Crippen LogP contribution in [0.25, 0.3) is 0 Å². The maximum Gasteiger partial charge on any atom is 0.0847 e. The second kappa shape index (κ2) is 7.15. The molecule has 0 amide bonds. The number of nitrogens with zero attached hydrogens (tertiary/aromatic N) is 2. The molecular formula is C14H26ClN3. The van der Waals surface area contributed by atoms with E-state index in [9.17, 15) is 0 Å². The minimum absolute atomic E-state index is 0.548. The minimum Gasteiger partial charge on any atom is -0.314 e. The van der Waals surface area contributed by atoms with Crippen molar-refractivity contribution in [3.8, 4) is 0 Å². The lowest BCUT2D eigenvalue weighted by Crippen LogP contribution is -2.35. The van der Waals surface area contributed by atoms with Crippen LogP contribution >= 0.6 is 11.6 Å². The van der Waals surface area contributed by atoms with Gasteiger partial charge in [0, 0.05) is 12.6 Å². The zero-order valence-corrected chi connectivity index (χ0v) is 13.0. The highest BCUT2D eigenvalue weighted by molar-refractivity contribution is 6.31. The molecule has 0 saturated heterocycles. The summed E-state index contributed by atoms with van der Waals surface area (Å²) in [6.07, 6.45) is 2.13. The molecule has 18 heavy (non-hydrogen) atoms. The SMILES string of the molecule is CCNC(CC)C(C)Cc1c(Cl)c(C)nn1CC. The second-order valence-corrected chi connectivity index (χ2v) is 5.29. The smallest absolute Gasteiger partial charge is 0.0847 e. The van der Waals surface area contributed by atoms with Crippen LogP contribution in [0.2, 0.25) is 5.02 Å². The number of nitrogens with one attached hydrogen (secondary N) is 1. The highest BCUT2D eigenvalue weighted by Crippen LogP contribution is 2.24. The quantitative estimate of drug-likeness (QED) is 0.823. The number of aromatic nitrogens is 2. The highest BCUT2D eigenvalue weighted by atomic mass is 35.5. The van der Waals surface area contributed by atoms with Gasteiger partial charge in [-0.3, -0.25) is 4.68 Å². The summed E-state index contributed by atoms with van der Waals surface area (Å²) < 4.78 is 2.03. The molecule has 4 heteroatoms. The molecule has 1 aromatic rings. The summed E-state index contributed by atoms with van der Waals surface area (Å²) in [4.78, 5) is 0. The number of hydrogen-bond donors (Lipinski definition) is 1. The summed E-state index contributed by atoms with van der Waals surface area (Å²) >= 11 is 6.36. The number of hydrogen-bond acceptors (Lipinski definition) is 2. The van der Waals surface area contributed by atoms with E-state index in [-0.39, 0.29) is 0 Å². The Bertz CT molecular complexity index is 373. The van der Waals surface area contributed by atoms with Gasteiger partial charge in [0.15, 0.2) is 0 Å². The van der Waals surface area contributed by atoms with Crippen LogP contribution < -0.4 is 5.32 Å². The van der Waals surface area contributed by atoms with Gasteiger partial charge in [0.1, 0.15) is 0 Å². The molecule has 0 radical (unpaired) electrons. The largest absolute Gasteiger partial charge is 0.314 e. The van der Waals surface area contributed by atoms with Crippen LogP contribution in [-0.4, -0.2) is 22.4 Å². The molecular weight excluding hydrogens is 246 g/mol. The standard InChI is InChI=1S/C14H26ClN3/c1-6-12(16-7-2)10(4)9-13-14(15)11(5)17-18(13)8-3/h10,12,16H,6-9H2,1-5H3. The molecule has 104 valence electrons. The van der Waals surface area contributed by atoms with Gasteiger partial charge in [-0.25, -0.2) is 0 Å². The topological polar surface area (TPSA) is 29.9 Å². The lowest BCUT2D eigenvalue weighted by molar-refractivity contribution is 0.363. The van der Waals surface area contributed by atoms with Gasteiger partial charge < -0.3 is 5.32 Å². The summed E-state index contributed by atoms with van der Waals surface area (Å²) in [5.74, 6) is 0.564. The van der Waals surface area contributed by atoms with Gasteiger partial charge in [0.25, 0.3) is 0 Å². The molecule has 3 nitrogen and oxygen atoms in total. The third kappa shape index (κ3) is 3.48. The first-order valence-corrected chi connectivity index (χ1v) is 7.37. The molecule has 2 unspecified atom stereocenters. The zero-order chi connectivity index (χ0) is 13.7. The van der Waals surface area contributed by atoms with Crippen molar-refractivity contribution in [1.82, 2.24) is 15.1 Å². The maximum absolute atomic E-state index is 6.36. The first-order valence-electron chi connectivity index (χ1n) is 7.00. The van der Waals surface area contributed by atoms with Crippen molar-refractivity contribution >= 4 is 11.6 Å². The number of aryl methyl sites for hydroxylation is 2. The minimum atomic E-state index is 0.548. The van der Waals surface area contributed by atoms with Crippen LogP contribution in [0.1, 0.15) is 45.5 Å². The molecule has 0 spiro atoms. The average Bonchev–Trinajstić information content (AvgIpc) is 2.63. The van der Waals surface area contributed by atoms with E-state index in [0.29, 0.717) is 12.0 Å². The molecule has 1 N–H and O–H groups in total. The van der Waals surface area contributed by atoms with E-state index in [1.807, 2.05) is 11.6 Å². The molecule has 1 aromatic heterocycles. The van der Waals surface area contributed by atoms with Crippen molar-refractivity contribution in [2.45, 2.75) is 60.0 Å². The predicted molar refractivity (Wildman–Crippen MR) is 78.3 cm³/mol. The summed E-state index contributed by atoms with van der Waals surface area (Å²) in [6.45, 7) is 12.7. The van der Waals surface area contributed by atoms with Crippen molar-refractivity contribution in [3.05, 3.63) is 16.4 Å². The fourth-order valence-corrected chi connectivity index (χ4v) is 2.73. The highest BCUT2D eigenvalue weighted by Gasteiger charge is 2.20. The van der Waals surface area contributed by atoms with Crippen molar-refractivity contribution in [1.29, 1.82) is 0 Å². The Morgan fingerprint density at radius 2 is 2.00 bits per heavy atom. The van der Waals surface area contributed by atoms with Gasteiger partial charge in [-0.05, 0) is 39.2 Å². The molecule has 0 aromatic carbocycles. The van der Waals surface area contributed by atoms with E-state index < -0.39 is 0 Å². The Labute approximate surface area is 116 Å². The molecule has 1 heterocycles. The zero-order valence-electron chi connectivity index (χ0n) is 12.3. The molecule has 0 aliphatic heterocycles. The molecule has 1 rings (SSSR count). The van der Waals surface area contributed by atoms with Crippen LogP contribution in [0.3, 0.4) is 0 Å². The first kappa shape index (κ1) is 15.5. The molecule has 0 bridgehead atoms. The van der Waals surface area contributed by atoms with E-state index in [1.54, 1.807) is 0 Å². The number of rotatable bonds is 7. The van der Waals surface area contributed by atoms with Gasteiger partial charge in [0.2, 0.25) is 0 Å². The Hall–Kier alpha value is -0.540. The Morgan fingerprint density at radius 3 is 2.50 bits per heavy atom. The Kier molecular flexibility index (Phi) is 6.16.